The Kier molecular flexibility index (Phi) is 5.64. The van der Waals surface area contributed by atoms with Crippen LogP contribution in [0.15, 0.2) is 54.9 Å². The van der Waals surface area contributed by atoms with Crippen molar-refractivity contribution in [2.24, 2.45) is 0 Å². The number of nitrogens with one attached hydrogen (secondary N) is 2. The molecule has 1 amide bonds. The number of carbonyl (C=O) groups is 2. The van der Waals surface area contributed by atoms with Crippen molar-refractivity contribution < 1.29 is 14.3 Å². The van der Waals surface area contributed by atoms with Gasteiger partial charge in [0.15, 0.2) is 5.78 Å². The molecule has 7 nitrogen and oxygen atoms in total. The summed E-state index contributed by atoms with van der Waals surface area (Å²) in [6.07, 6.45) is 2.88. The van der Waals surface area contributed by atoms with E-state index in [-0.39, 0.29) is 11.7 Å². The number of Topliss-reactive ketones (excluding diaryl/α,β-unsaturated/α-hetero) is 1. The normalized spacial score (nSPS) is 10.2. The van der Waals surface area contributed by atoms with Crippen molar-refractivity contribution in [2.75, 3.05) is 17.7 Å². The SMILES string of the molecule is COc1ccc(C)cc1NC(=O)c1cnc(Nc2ccc(C(C)=O)cc2)nc1. The van der Waals surface area contributed by atoms with Crippen LogP contribution in [0, 0.1) is 6.92 Å². The minimum Gasteiger partial charge on any atom is -0.495 e. The van der Waals surface area contributed by atoms with Crippen molar-refractivity contribution >= 4 is 29.0 Å². The molecule has 142 valence electrons. The quantitative estimate of drug-likeness (QED) is 0.632. The highest BCUT2D eigenvalue weighted by Gasteiger charge is 2.11. The molecular weight excluding hydrogens is 356 g/mol. The maximum Gasteiger partial charge on any atom is 0.258 e. The Morgan fingerprint density at radius 2 is 1.64 bits per heavy atom. The number of carbonyl (C=O) groups excluding carboxylic acids is 2. The summed E-state index contributed by atoms with van der Waals surface area (Å²) in [5, 5.41) is 5.83. The standard InChI is InChI=1S/C21H20N4O3/c1-13-4-9-19(28-3)18(10-13)25-20(27)16-11-22-21(23-12-16)24-17-7-5-15(6-8-17)14(2)26/h4-12H,1-3H3,(H,25,27)(H,22,23,24). The first-order valence-corrected chi connectivity index (χ1v) is 8.62. The second kappa shape index (κ2) is 8.30. The van der Waals surface area contributed by atoms with E-state index in [1.807, 2.05) is 19.1 Å². The minimum atomic E-state index is -0.332. The van der Waals surface area contributed by atoms with Crippen molar-refractivity contribution in [3.63, 3.8) is 0 Å². The van der Waals surface area contributed by atoms with Gasteiger partial charge in [0.2, 0.25) is 5.95 Å². The Bertz CT molecular complexity index is 999. The van der Waals surface area contributed by atoms with Gasteiger partial charge in [-0.25, -0.2) is 9.97 Å². The van der Waals surface area contributed by atoms with Crippen LogP contribution in [0.3, 0.4) is 0 Å². The summed E-state index contributed by atoms with van der Waals surface area (Å²) in [6.45, 7) is 3.45. The molecule has 0 bridgehead atoms. The maximum atomic E-state index is 12.5. The monoisotopic (exact) mass is 376 g/mol. The van der Waals surface area contributed by atoms with Crippen LogP contribution >= 0.6 is 0 Å². The third-order valence-electron chi connectivity index (χ3n) is 4.06. The molecular formula is C21H20N4O3. The van der Waals surface area contributed by atoms with Gasteiger partial charge in [0.25, 0.3) is 5.91 Å². The van der Waals surface area contributed by atoms with Gasteiger partial charge in [0.05, 0.1) is 18.4 Å². The van der Waals surface area contributed by atoms with Crippen molar-refractivity contribution in [2.45, 2.75) is 13.8 Å². The first kappa shape index (κ1) is 19.0. The number of methoxy groups -OCH3 is 1. The lowest BCUT2D eigenvalue weighted by atomic mass is 10.1. The fraction of sp³-hybridized carbons (Fsp3) is 0.143. The van der Waals surface area contributed by atoms with E-state index < -0.39 is 0 Å². The average molecular weight is 376 g/mol. The van der Waals surface area contributed by atoms with Crippen LogP contribution < -0.4 is 15.4 Å². The molecule has 0 radical (unpaired) electrons. The molecule has 0 atom stereocenters. The Morgan fingerprint density at radius 1 is 0.964 bits per heavy atom. The Labute approximate surface area is 162 Å². The number of rotatable bonds is 6. The van der Waals surface area contributed by atoms with Gasteiger partial charge in [-0.15, -0.1) is 0 Å². The van der Waals surface area contributed by atoms with Crippen molar-refractivity contribution in [3.05, 3.63) is 71.5 Å². The number of benzene rings is 2. The zero-order chi connectivity index (χ0) is 20.1. The van der Waals surface area contributed by atoms with E-state index in [0.717, 1.165) is 11.3 Å². The molecule has 0 saturated heterocycles. The summed E-state index contributed by atoms with van der Waals surface area (Å²) in [7, 11) is 1.55. The highest BCUT2D eigenvalue weighted by atomic mass is 16.5. The van der Waals surface area contributed by atoms with E-state index in [1.165, 1.54) is 19.3 Å². The fourth-order valence-electron chi connectivity index (χ4n) is 2.54. The zero-order valence-electron chi connectivity index (χ0n) is 15.8. The van der Waals surface area contributed by atoms with Crippen LogP contribution in [-0.2, 0) is 0 Å². The van der Waals surface area contributed by atoms with E-state index in [0.29, 0.717) is 28.5 Å². The number of aromatic nitrogens is 2. The van der Waals surface area contributed by atoms with Crippen LogP contribution in [-0.4, -0.2) is 28.8 Å². The molecule has 1 heterocycles. The molecule has 0 spiro atoms. The Morgan fingerprint density at radius 3 is 2.25 bits per heavy atom. The second-order valence-corrected chi connectivity index (χ2v) is 6.21. The smallest absolute Gasteiger partial charge is 0.258 e. The summed E-state index contributed by atoms with van der Waals surface area (Å²) in [5.41, 5.74) is 3.28. The number of ketones is 1. The molecule has 0 fully saturated rings. The number of hydrogen-bond donors (Lipinski definition) is 2. The van der Waals surface area contributed by atoms with Crippen LogP contribution in [0.2, 0.25) is 0 Å². The fourth-order valence-corrected chi connectivity index (χ4v) is 2.54. The predicted octanol–water partition coefficient (Wildman–Crippen LogP) is 3.99. The number of nitrogens with zero attached hydrogens (tertiary/aromatic N) is 2. The lowest BCUT2D eigenvalue weighted by Gasteiger charge is -2.11. The van der Waals surface area contributed by atoms with E-state index >= 15 is 0 Å². The first-order chi connectivity index (χ1) is 13.5. The Balaban J connectivity index is 1.69. The van der Waals surface area contributed by atoms with E-state index in [2.05, 4.69) is 20.6 Å². The van der Waals surface area contributed by atoms with Crippen LogP contribution in [0.25, 0.3) is 0 Å². The zero-order valence-corrected chi connectivity index (χ0v) is 15.8. The minimum absolute atomic E-state index is 0.00315. The molecule has 3 aromatic rings. The summed E-state index contributed by atoms with van der Waals surface area (Å²) in [5.74, 6) is 0.595. The van der Waals surface area contributed by atoms with Crippen LogP contribution in [0.5, 0.6) is 5.75 Å². The number of aryl methyl sites for hydroxylation is 1. The number of anilines is 3. The van der Waals surface area contributed by atoms with Gasteiger partial charge in [-0.3, -0.25) is 9.59 Å². The van der Waals surface area contributed by atoms with Gasteiger partial charge >= 0.3 is 0 Å². The maximum absolute atomic E-state index is 12.5. The third-order valence-corrected chi connectivity index (χ3v) is 4.06. The van der Waals surface area contributed by atoms with Gasteiger partial charge in [-0.1, -0.05) is 6.07 Å². The Hall–Kier alpha value is -3.74. The van der Waals surface area contributed by atoms with Gasteiger partial charge in [0.1, 0.15) is 5.75 Å². The third kappa shape index (κ3) is 4.50. The van der Waals surface area contributed by atoms with E-state index in [4.69, 9.17) is 4.74 Å². The van der Waals surface area contributed by atoms with Gasteiger partial charge in [0, 0.05) is 23.6 Å². The van der Waals surface area contributed by atoms with Crippen LogP contribution in [0.4, 0.5) is 17.3 Å². The summed E-state index contributed by atoms with van der Waals surface area (Å²) in [6, 6.07) is 12.5. The summed E-state index contributed by atoms with van der Waals surface area (Å²) in [4.78, 5) is 32.1. The molecule has 28 heavy (non-hydrogen) atoms. The second-order valence-electron chi connectivity index (χ2n) is 6.21. The van der Waals surface area contributed by atoms with Gasteiger partial charge in [-0.2, -0.15) is 0 Å². The topological polar surface area (TPSA) is 93.2 Å². The molecule has 0 aliphatic carbocycles. The molecule has 7 heteroatoms. The lowest BCUT2D eigenvalue weighted by molar-refractivity contribution is 0.101. The van der Waals surface area contributed by atoms with Gasteiger partial charge < -0.3 is 15.4 Å². The van der Waals surface area contributed by atoms with Crippen molar-refractivity contribution in [1.82, 2.24) is 9.97 Å². The lowest BCUT2D eigenvalue weighted by Crippen LogP contribution is -2.14. The van der Waals surface area contributed by atoms with E-state index in [9.17, 15) is 9.59 Å². The molecule has 2 aromatic carbocycles. The molecule has 0 unspecified atom stereocenters. The number of amides is 1. The first-order valence-electron chi connectivity index (χ1n) is 8.62. The van der Waals surface area contributed by atoms with E-state index in [1.54, 1.807) is 37.4 Å². The van der Waals surface area contributed by atoms with Crippen LogP contribution in [0.1, 0.15) is 33.2 Å². The van der Waals surface area contributed by atoms with Gasteiger partial charge in [-0.05, 0) is 55.8 Å². The summed E-state index contributed by atoms with van der Waals surface area (Å²) < 4.78 is 5.27. The number of ether oxygens (including phenoxy) is 1. The average Bonchev–Trinajstić information content (AvgIpc) is 2.69. The molecule has 0 aliphatic heterocycles. The molecule has 1 aromatic heterocycles. The highest BCUT2D eigenvalue weighted by Crippen LogP contribution is 2.25. The predicted molar refractivity (Wildman–Crippen MR) is 107 cm³/mol. The molecule has 0 aliphatic rings. The van der Waals surface area contributed by atoms with Crippen molar-refractivity contribution in [1.29, 1.82) is 0 Å². The van der Waals surface area contributed by atoms with Crippen molar-refractivity contribution in [3.8, 4) is 5.75 Å². The largest absolute Gasteiger partial charge is 0.495 e. The molecule has 0 saturated carbocycles. The number of hydrogen-bond acceptors (Lipinski definition) is 6. The summed E-state index contributed by atoms with van der Waals surface area (Å²) >= 11 is 0. The highest BCUT2D eigenvalue weighted by molar-refractivity contribution is 6.04. The molecule has 3 rings (SSSR count). The molecule has 2 N–H and O–H groups in total.